The number of fused-ring (bicyclic) bond motifs is 1. The number of para-hydroxylation sites is 2. The number of hydrogen-bond donors (Lipinski definition) is 0. The molecule has 0 bridgehead atoms. The lowest BCUT2D eigenvalue weighted by atomic mass is 10.3. The lowest BCUT2D eigenvalue weighted by Crippen LogP contribution is -2.28. The van der Waals surface area contributed by atoms with Gasteiger partial charge < -0.3 is 9.47 Å². The van der Waals surface area contributed by atoms with Crippen LogP contribution in [0.2, 0.25) is 0 Å². The molecular weight excluding hydrogens is 276 g/mol. The van der Waals surface area contributed by atoms with E-state index in [1.54, 1.807) is 24.3 Å². The average Bonchev–Trinajstić information content (AvgIpc) is 2.44. The summed E-state index contributed by atoms with van der Waals surface area (Å²) < 4.78 is 11.0. The Hall–Kier alpha value is -2.70. The lowest BCUT2D eigenvalue weighted by molar-refractivity contribution is -0.144. The van der Waals surface area contributed by atoms with Gasteiger partial charge in [0, 0.05) is 13.8 Å². The highest BCUT2D eigenvalue weighted by molar-refractivity contribution is 5.74. The highest BCUT2D eigenvalue weighted by Gasteiger charge is 2.12. The van der Waals surface area contributed by atoms with Crippen molar-refractivity contribution in [3.63, 3.8) is 0 Å². The van der Waals surface area contributed by atoms with Gasteiger partial charge in [-0.15, -0.1) is 0 Å². The molecule has 0 N–H and O–H groups in total. The molecular formula is C14H14N2O5. The molecule has 0 aliphatic carbocycles. The van der Waals surface area contributed by atoms with Crippen molar-refractivity contribution in [2.75, 3.05) is 0 Å². The molecule has 2 rings (SSSR count). The summed E-state index contributed by atoms with van der Waals surface area (Å²) in [6.45, 7) is 2.07. The third kappa shape index (κ3) is 3.44. The first-order valence-corrected chi connectivity index (χ1v) is 6.24. The number of carbonyl (C=O) groups excluding carboxylic acids is 2. The third-order valence-corrected chi connectivity index (χ3v) is 2.73. The van der Waals surface area contributed by atoms with Gasteiger partial charge in [-0.3, -0.25) is 19.0 Å². The summed E-state index contributed by atoms with van der Waals surface area (Å²) in [5, 5.41) is 0. The predicted molar refractivity (Wildman–Crippen MR) is 73.2 cm³/mol. The summed E-state index contributed by atoms with van der Waals surface area (Å²) in [7, 11) is 0. The minimum absolute atomic E-state index is 0.0797. The molecule has 7 heteroatoms. The first kappa shape index (κ1) is 14.7. The van der Waals surface area contributed by atoms with Gasteiger partial charge in [-0.25, -0.2) is 4.98 Å². The molecule has 0 unspecified atom stereocenters. The van der Waals surface area contributed by atoms with Gasteiger partial charge in [0.15, 0.2) is 6.73 Å². The maximum Gasteiger partial charge on any atom is 0.304 e. The van der Waals surface area contributed by atoms with E-state index in [-0.39, 0.29) is 19.0 Å². The van der Waals surface area contributed by atoms with Crippen LogP contribution < -0.4 is 5.56 Å². The summed E-state index contributed by atoms with van der Waals surface area (Å²) in [6, 6.07) is 6.93. The average molecular weight is 290 g/mol. The Morgan fingerprint density at radius 1 is 1.14 bits per heavy atom. The molecule has 0 fully saturated rings. The number of benzene rings is 1. The number of nitrogens with zero attached hydrogens (tertiary/aromatic N) is 2. The molecule has 0 radical (unpaired) electrons. The molecule has 21 heavy (non-hydrogen) atoms. The van der Waals surface area contributed by atoms with Gasteiger partial charge >= 0.3 is 11.9 Å². The Bertz CT molecular complexity index is 751. The van der Waals surface area contributed by atoms with Gasteiger partial charge in [0.05, 0.1) is 11.0 Å². The number of ether oxygens (including phenoxy) is 2. The first-order valence-electron chi connectivity index (χ1n) is 6.24. The summed E-state index contributed by atoms with van der Waals surface area (Å²) in [5.74, 6) is -1.000. The highest BCUT2D eigenvalue weighted by Crippen LogP contribution is 2.10. The molecule has 0 saturated heterocycles. The van der Waals surface area contributed by atoms with E-state index >= 15 is 0 Å². The van der Waals surface area contributed by atoms with Crippen molar-refractivity contribution >= 4 is 23.0 Å². The Labute approximate surface area is 120 Å². The molecule has 0 atom stereocenters. The quantitative estimate of drug-likeness (QED) is 0.780. The van der Waals surface area contributed by atoms with Crippen molar-refractivity contribution in [1.82, 2.24) is 9.55 Å². The SMILES string of the molecule is CC(=O)OCc1nc2ccccc2n(COC(C)=O)c1=O. The molecule has 110 valence electrons. The van der Waals surface area contributed by atoms with Crippen LogP contribution in [0.15, 0.2) is 29.1 Å². The number of carbonyl (C=O) groups is 2. The van der Waals surface area contributed by atoms with Gasteiger partial charge in [-0.2, -0.15) is 0 Å². The molecule has 2 aromatic rings. The zero-order valence-electron chi connectivity index (χ0n) is 11.7. The second-order valence-corrected chi connectivity index (χ2v) is 4.33. The van der Waals surface area contributed by atoms with Crippen molar-refractivity contribution in [3.05, 3.63) is 40.3 Å². The van der Waals surface area contributed by atoms with E-state index in [1.807, 2.05) is 0 Å². The van der Waals surface area contributed by atoms with E-state index in [0.717, 1.165) is 0 Å². The van der Waals surface area contributed by atoms with Crippen molar-refractivity contribution in [1.29, 1.82) is 0 Å². The van der Waals surface area contributed by atoms with E-state index in [4.69, 9.17) is 9.47 Å². The standard InChI is InChI=1S/C14H14N2O5/c1-9(17)20-7-12-14(19)16(8-21-10(2)18)13-6-4-3-5-11(13)15-12/h3-6H,7-8H2,1-2H3. The third-order valence-electron chi connectivity index (χ3n) is 2.73. The number of hydrogen-bond acceptors (Lipinski definition) is 6. The highest BCUT2D eigenvalue weighted by atomic mass is 16.5. The zero-order valence-corrected chi connectivity index (χ0v) is 11.7. The molecule has 0 amide bonds. The lowest BCUT2D eigenvalue weighted by Gasteiger charge is -2.11. The molecule has 1 heterocycles. The van der Waals surface area contributed by atoms with Crippen molar-refractivity contribution in [3.8, 4) is 0 Å². The van der Waals surface area contributed by atoms with Crippen molar-refractivity contribution < 1.29 is 19.1 Å². The molecule has 0 saturated carbocycles. The fourth-order valence-corrected chi connectivity index (χ4v) is 1.79. The van der Waals surface area contributed by atoms with Crippen LogP contribution in [0.1, 0.15) is 19.5 Å². The van der Waals surface area contributed by atoms with Gasteiger partial charge in [0.2, 0.25) is 0 Å². The Kier molecular flexibility index (Phi) is 4.32. The van der Waals surface area contributed by atoms with Gasteiger partial charge in [-0.05, 0) is 12.1 Å². The summed E-state index contributed by atoms with van der Waals surface area (Å²) in [4.78, 5) is 38.3. The van der Waals surface area contributed by atoms with E-state index in [9.17, 15) is 14.4 Å². The Balaban J connectivity index is 2.50. The summed E-state index contributed by atoms with van der Waals surface area (Å²) in [5.41, 5.74) is 0.703. The minimum atomic E-state index is -0.504. The van der Waals surface area contributed by atoms with Crippen LogP contribution in [0.4, 0.5) is 0 Å². The van der Waals surface area contributed by atoms with Crippen molar-refractivity contribution in [2.24, 2.45) is 0 Å². The van der Waals surface area contributed by atoms with E-state index in [2.05, 4.69) is 4.98 Å². The topological polar surface area (TPSA) is 87.5 Å². The fourth-order valence-electron chi connectivity index (χ4n) is 1.79. The monoisotopic (exact) mass is 290 g/mol. The minimum Gasteiger partial charge on any atom is -0.459 e. The zero-order chi connectivity index (χ0) is 15.4. The summed E-state index contributed by atoms with van der Waals surface area (Å²) >= 11 is 0. The van der Waals surface area contributed by atoms with Crippen LogP contribution in [0.25, 0.3) is 11.0 Å². The van der Waals surface area contributed by atoms with Crippen molar-refractivity contribution in [2.45, 2.75) is 27.2 Å². The smallest absolute Gasteiger partial charge is 0.304 e. The number of esters is 2. The fraction of sp³-hybridized carbons (Fsp3) is 0.286. The predicted octanol–water partition coefficient (Wildman–Crippen LogP) is 0.980. The molecule has 7 nitrogen and oxygen atoms in total. The second-order valence-electron chi connectivity index (χ2n) is 4.33. The maximum absolute atomic E-state index is 12.3. The largest absolute Gasteiger partial charge is 0.459 e. The number of rotatable bonds is 4. The summed E-state index contributed by atoms with van der Waals surface area (Å²) in [6.07, 6.45) is 0. The molecule has 1 aromatic heterocycles. The van der Waals surface area contributed by atoms with Crippen LogP contribution in [-0.2, 0) is 32.4 Å². The maximum atomic E-state index is 12.3. The normalized spacial score (nSPS) is 10.4. The Morgan fingerprint density at radius 3 is 2.48 bits per heavy atom. The molecule has 1 aromatic carbocycles. The van der Waals surface area contributed by atoms with Gasteiger partial charge in [0.25, 0.3) is 5.56 Å². The van der Waals surface area contributed by atoms with Crippen LogP contribution in [0.5, 0.6) is 0 Å². The van der Waals surface area contributed by atoms with Gasteiger partial charge in [-0.1, -0.05) is 12.1 Å². The second kappa shape index (κ2) is 6.17. The van der Waals surface area contributed by atoms with E-state index in [0.29, 0.717) is 11.0 Å². The van der Waals surface area contributed by atoms with Crippen LogP contribution in [-0.4, -0.2) is 21.5 Å². The first-order chi connectivity index (χ1) is 9.99. The Morgan fingerprint density at radius 2 is 1.81 bits per heavy atom. The van der Waals surface area contributed by atoms with Crippen LogP contribution in [0, 0.1) is 0 Å². The molecule has 0 aliphatic heterocycles. The van der Waals surface area contributed by atoms with E-state index < -0.39 is 17.5 Å². The van der Waals surface area contributed by atoms with Crippen LogP contribution in [0.3, 0.4) is 0 Å². The van der Waals surface area contributed by atoms with Crippen LogP contribution >= 0.6 is 0 Å². The van der Waals surface area contributed by atoms with Gasteiger partial charge in [0.1, 0.15) is 12.3 Å². The molecule has 0 spiro atoms. The number of aromatic nitrogens is 2. The van der Waals surface area contributed by atoms with E-state index in [1.165, 1.54) is 18.4 Å². The molecule has 0 aliphatic rings.